The summed E-state index contributed by atoms with van der Waals surface area (Å²) < 4.78 is 37.3. The van der Waals surface area contributed by atoms with Crippen LogP contribution in [0.25, 0.3) is 0 Å². The van der Waals surface area contributed by atoms with Crippen molar-refractivity contribution >= 4 is 10.0 Å². The van der Waals surface area contributed by atoms with Crippen LogP contribution in [0.5, 0.6) is 0 Å². The fraction of sp³-hybridized carbons (Fsp3) is 0.500. The lowest BCUT2D eigenvalue weighted by atomic mass is 10.1. The second kappa shape index (κ2) is 8.08. The first-order chi connectivity index (χ1) is 9.88. The van der Waals surface area contributed by atoms with E-state index in [4.69, 9.17) is 5.26 Å². The van der Waals surface area contributed by atoms with Crippen molar-refractivity contribution in [3.63, 3.8) is 0 Å². The molecule has 0 saturated heterocycles. The molecule has 1 rings (SSSR count). The van der Waals surface area contributed by atoms with Gasteiger partial charge in [0.2, 0.25) is 10.0 Å². The van der Waals surface area contributed by atoms with Crippen molar-refractivity contribution in [2.24, 2.45) is 0 Å². The molecule has 0 atom stereocenters. The van der Waals surface area contributed by atoms with Crippen LogP contribution in [0, 0.1) is 17.1 Å². The van der Waals surface area contributed by atoms with Crippen molar-refractivity contribution < 1.29 is 12.8 Å². The smallest absolute Gasteiger partial charge is 0.211 e. The van der Waals surface area contributed by atoms with Crippen LogP contribution >= 0.6 is 0 Å². The largest absolute Gasteiger partial charge is 0.313 e. The fourth-order valence-electron chi connectivity index (χ4n) is 1.98. The van der Waals surface area contributed by atoms with E-state index >= 15 is 0 Å². The summed E-state index contributed by atoms with van der Waals surface area (Å²) in [6, 6.07) is 6.06. The predicted molar refractivity (Wildman–Crippen MR) is 79.5 cm³/mol. The number of hydrogen-bond donors (Lipinski definition) is 1. The number of sulfonamides is 1. The van der Waals surface area contributed by atoms with Crippen LogP contribution in [0.4, 0.5) is 4.39 Å². The van der Waals surface area contributed by atoms with E-state index in [0.29, 0.717) is 43.7 Å². The maximum absolute atomic E-state index is 13.1. The first kappa shape index (κ1) is 17.6. The summed E-state index contributed by atoms with van der Waals surface area (Å²) in [5.41, 5.74) is 1.04. The molecule has 0 bridgehead atoms. The van der Waals surface area contributed by atoms with E-state index < -0.39 is 10.0 Å². The standard InChI is InChI=1S/C14H20FN3O2S/c1-3-18(21(2,19)20)8-4-7-17-11-13-9-14(15)6-5-12(13)10-16/h5-6,9,17H,3-4,7-8,11H2,1-2H3. The molecule has 0 spiro atoms. The van der Waals surface area contributed by atoms with Crippen LogP contribution in [0.2, 0.25) is 0 Å². The summed E-state index contributed by atoms with van der Waals surface area (Å²) in [5, 5.41) is 12.0. The highest BCUT2D eigenvalue weighted by Gasteiger charge is 2.13. The Kier molecular flexibility index (Phi) is 6.75. The van der Waals surface area contributed by atoms with Crippen LogP contribution in [-0.4, -0.2) is 38.6 Å². The van der Waals surface area contributed by atoms with Gasteiger partial charge in [0.15, 0.2) is 0 Å². The minimum atomic E-state index is -3.16. The van der Waals surface area contributed by atoms with Crippen LogP contribution < -0.4 is 5.32 Å². The molecule has 0 amide bonds. The van der Waals surface area contributed by atoms with Crippen molar-refractivity contribution in [3.05, 3.63) is 35.1 Å². The molecular formula is C14H20FN3O2S. The van der Waals surface area contributed by atoms with Crippen LogP contribution in [0.3, 0.4) is 0 Å². The second-order valence-electron chi connectivity index (χ2n) is 4.70. The molecule has 0 aliphatic heterocycles. The van der Waals surface area contributed by atoms with Crippen LogP contribution in [0.15, 0.2) is 18.2 Å². The Labute approximate surface area is 125 Å². The molecule has 1 aromatic carbocycles. The zero-order chi connectivity index (χ0) is 15.9. The van der Waals surface area contributed by atoms with Gasteiger partial charge < -0.3 is 5.32 Å². The van der Waals surface area contributed by atoms with Gasteiger partial charge >= 0.3 is 0 Å². The number of hydrogen-bond acceptors (Lipinski definition) is 4. The molecule has 0 radical (unpaired) electrons. The fourth-order valence-corrected chi connectivity index (χ4v) is 2.91. The van der Waals surface area contributed by atoms with Crippen LogP contribution in [-0.2, 0) is 16.6 Å². The van der Waals surface area contributed by atoms with Gasteiger partial charge in [0, 0.05) is 19.6 Å². The second-order valence-corrected chi connectivity index (χ2v) is 6.68. The molecule has 0 aromatic heterocycles. The monoisotopic (exact) mass is 313 g/mol. The third-order valence-electron chi connectivity index (χ3n) is 3.09. The number of benzene rings is 1. The highest BCUT2D eigenvalue weighted by molar-refractivity contribution is 7.88. The van der Waals surface area contributed by atoms with Gasteiger partial charge in [0.25, 0.3) is 0 Å². The molecule has 7 heteroatoms. The summed E-state index contributed by atoms with van der Waals surface area (Å²) >= 11 is 0. The lowest BCUT2D eigenvalue weighted by Gasteiger charge is -2.17. The van der Waals surface area contributed by atoms with E-state index in [1.165, 1.54) is 28.8 Å². The van der Waals surface area contributed by atoms with Crippen LogP contribution in [0.1, 0.15) is 24.5 Å². The summed E-state index contributed by atoms with van der Waals surface area (Å²) in [6.07, 6.45) is 1.84. The van der Waals surface area contributed by atoms with Gasteiger partial charge in [-0.1, -0.05) is 6.92 Å². The molecule has 0 fully saturated rings. The Morgan fingerprint density at radius 3 is 2.71 bits per heavy atom. The maximum atomic E-state index is 13.1. The molecule has 0 unspecified atom stereocenters. The van der Waals surface area contributed by atoms with Gasteiger partial charge in [-0.3, -0.25) is 0 Å². The van der Waals surface area contributed by atoms with Gasteiger partial charge in [0.1, 0.15) is 5.82 Å². The SMILES string of the molecule is CCN(CCCNCc1cc(F)ccc1C#N)S(C)(=O)=O. The molecular weight excluding hydrogens is 293 g/mol. The lowest BCUT2D eigenvalue weighted by Crippen LogP contribution is -2.32. The van der Waals surface area contributed by atoms with Crippen molar-refractivity contribution in [1.29, 1.82) is 5.26 Å². The van der Waals surface area contributed by atoms with Gasteiger partial charge in [-0.2, -0.15) is 5.26 Å². The first-order valence-corrected chi connectivity index (χ1v) is 8.57. The highest BCUT2D eigenvalue weighted by atomic mass is 32.2. The molecule has 5 nitrogen and oxygen atoms in total. The molecule has 1 aromatic rings. The number of halogens is 1. The summed E-state index contributed by atoms with van der Waals surface area (Å²) in [4.78, 5) is 0. The Balaban J connectivity index is 2.42. The lowest BCUT2D eigenvalue weighted by molar-refractivity contribution is 0.419. The van der Waals surface area contributed by atoms with E-state index in [1.807, 2.05) is 6.07 Å². The Bertz CT molecular complexity index is 611. The topological polar surface area (TPSA) is 73.2 Å². The Hall–Kier alpha value is -1.49. The van der Waals surface area contributed by atoms with Gasteiger partial charge in [-0.05, 0) is 36.7 Å². The maximum Gasteiger partial charge on any atom is 0.211 e. The first-order valence-electron chi connectivity index (χ1n) is 6.73. The zero-order valence-electron chi connectivity index (χ0n) is 12.3. The third-order valence-corrected chi connectivity index (χ3v) is 4.46. The summed E-state index contributed by atoms with van der Waals surface area (Å²) in [7, 11) is -3.16. The van der Waals surface area contributed by atoms with E-state index in [1.54, 1.807) is 6.92 Å². The molecule has 116 valence electrons. The molecule has 0 aliphatic rings. The summed E-state index contributed by atoms with van der Waals surface area (Å²) in [5.74, 6) is -0.375. The van der Waals surface area contributed by atoms with Crippen molar-refractivity contribution in [1.82, 2.24) is 9.62 Å². The molecule has 0 saturated carbocycles. The van der Waals surface area contributed by atoms with Crippen molar-refractivity contribution in [3.8, 4) is 6.07 Å². The number of nitriles is 1. The number of nitrogens with zero attached hydrogens (tertiary/aromatic N) is 2. The summed E-state index contributed by atoms with van der Waals surface area (Å²) in [6.45, 7) is 3.65. The third kappa shape index (κ3) is 5.79. The Morgan fingerprint density at radius 1 is 1.43 bits per heavy atom. The minimum absolute atomic E-state index is 0.375. The van der Waals surface area contributed by atoms with E-state index in [2.05, 4.69) is 5.32 Å². The quantitative estimate of drug-likeness (QED) is 0.737. The molecule has 21 heavy (non-hydrogen) atoms. The van der Waals surface area contributed by atoms with Gasteiger partial charge in [-0.15, -0.1) is 0 Å². The van der Waals surface area contributed by atoms with E-state index in [9.17, 15) is 12.8 Å². The van der Waals surface area contributed by atoms with E-state index in [0.717, 1.165) is 0 Å². The average Bonchev–Trinajstić information content (AvgIpc) is 2.41. The van der Waals surface area contributed by atoms with E-state index in [-0.39, 0.29) is 5.82 Å². The van der Waals surface area contributed by atoms with Crippen molar-refractivity contribution in [2.45, 2.75) is 19.9 Å². The van der Waals surface area contributed by atoms with Crippen molar-refractivity contribution in [2.75, 3.05) is 25.9 Å². The minimum Gasteiger partial charge on any atom is -0.313 e. The van der Waals surface area contributed by atoms with Gasteiger partial charge in [0.05, 0.1) is 17.9 Å². The molecule has 0 aliphatic carbocycles. The highest BCUT2D eigenvalue weighted by Crippen LogP contribution is 2.10. The molecule has 0 heterocycles. The zero-order valence-corrected chi connectivity index (χ0v) is 13.1. The predicted octanol–water partition coefficient (Wildman–Crippen LogP) is 1.46. The Morgan fingerprint density at radius 2 is 2.14 bits per heavy atom. The number of nitrogens with one attached hydrogen (secondary N) is 1. The molecule has 1 N–H and O–H groups in total. The normalized spacial score (nSPS) is 11.6. The van der Waals surface area contributed by atoms with Gasteiger partial charge in [-0.25, -0.2) is 17.1 Å². The number of rotatable bonds is 8. The average molecular weight is 313 g/mol.